The smallest absolute Gasteiger partial charge is 0.260 e. The first kappa shape index (κ1) is 24.9. The number of hydrogen-bond acceptors (Lipinski definition) is 5. The molecule has 8 heteroatoms. The molecule has 3 heterocycles. The van der Waals surface area contributed by atoms with E-state index in [-0.39, 0.29) is 11.8 Å². The highest BCUT2D eigenvalue weighted by Crippen LogP contribution is 2.44. The molecule has 34 heavy (non-hydrogen) atoms. The third-order valence-corrected chi connectivity index (χ3v) is 9.74. The molecule has 1 atom stereocenters. The lowest BCUT2D eigenvalue weighted by Gasteiger charge is -2.43. The summed E-state index contributed by atoms with van der Waals surface area (Å²) in [7, 11) is -0.536. The van der Waals surface area contributed by atoms with Crippen LogP contribution in [0.25, 0.3) is 0 Å². The van der Waals surface area contributed by atoms with Crippen molar-refractivity contribution in [2.45, 2.75) is 43.4 Å². The van der Waals surface area contributed by atoms with Crippen LogP contribution in [-0.2, 0) is 27.3 Å². The number of carbonyl (C=O) groups is 2. The third-order valence-electron chi connectivity index (χ3n) is 7.25. The Hall–Kier alpha value is -2.26. The summed E-state index contributed by atoms with van der Waals surface area (Å²) in [5.74, 6) is 4.51. The monoisotopic (exact) mass is 485 g/mol. The van der Waals surface area contributed by atoms with Crippen LogP contribution in [0, 0.1) is 5.92 Å². The van der Waals surface area contributed by atoms with E-state index < -0.39 is 15.4 Å². The second-order valence-electron chi connectivity index (χ2n) is 9.20. The predicted molar refractivity (Wildman–Crippen MR) is 136 cm³/mol. The Morgan fingerprint density at radius 3 is 2.53 bits per heavy atom. The molecule has 0 aliphatic carbocycles. The van der Waals surface area contributed by atoms with Crippen molar-refractivity contribution in [2.24, 2.45) is 5.92 Å². The first-order chi connectivity index (χ1) is 16.5. The number of ether oxygens (including phenoxy) is 1. The minimum Gasteiger partial charge on any atom is -0.381 e. The van der Waals surface area contributed by atoms with Crippen molar-refractivity contribution in [3.8, 4) is 0 Å². The zero-order valence-electron chi connectivity index (χ0n) is 19.7. The average Bonchev–Trinajstić information content (AvgIpc) is 2.90. The molecule has 3 aliphatic heterocycles. The summed E-state index contributed by atoms with van der Waals surface area (Å²) in [5, 5.41) is 9.30. The van der Waals surface area contributed by atoms with Gasteiger partial charge in [-0.3, -0.25) is 19.1 Å². The van der Waals surface area contributed by atoms with Crippen LogP contribution >= 0.6 is 10.7 Å². The molecule has 7 nitrogen and oxygen atoms in total. The number of hydroxylamine groups is 1. The normalized spacial score (nSPS) is 22.6. The molecule has 2 amide bonds. The van der Waals surface area contributed by atoms with E-state index in [4.69, 9.17) is 4.74 Å². The van der Waals surface area contributed by atoms with Gasteiger partial charge in [-0.15, -0.1) is 10.7 Å². The summed E-state index contributed by atoms with van der Waals surface area (Å²) in [5.41, 5.74) is 4.45. The molecule has 1 unspecified atom stereocenters. The van der Waals surface area contributed by atoms with E-state index in [0.29, 0.717) is 38.5 Å². The fourth-order valence-corrected chi connectivity index (χ4v) is 7.10. The third kappa shape index (κ3) is 5.51. The van der Waals surface area contributed by atoms with Gasteiger partial charge in [0.05, 0.1) is 0 Å². The van der Waals surface area contributed by atoms with Crippen LogP contribution in [0.1, 0.15) is 36.8 Å². The SMILES string of the molecule is C=S(N1CCC(/C=C/C=C/C(=O)N2CCc3ccccc3C2)CC1)C1(C(=O)NO)CCOCC1. The maximum Gasteiger partial charge on any atom is 0.260 e. The molecule has 4 rings (SSSR count). The Morgan fingerprint density at radius 2 is 1.82 bits per heavy atom. The fraction of sp³-hybridized carbons (Fsp3) is 0.500. The molecule has 1 aromatic carbocycles. The van der Waals surface area contributed by atoms with Crippen molar-refractivity contribution in [3.05, 3.63) is 59.7 Å². The lowest BCUT2D eigenvalue weighted by Crippen LogP contribution is -2.51. The standard InChI is InChI=1S/C26H35N3O4S/c1-34(26(25(31)27-32)13-18-33-19-14-26)29-16-10-21(11-17-29)6-2-5-9-24(30)28-15-12-22-7-3-4-8-23(22)20-28/h2-9,21,32H,1,10-20H2,(H,27,31)/b6-2+,9-5+. The van der Waals surface area contributed by atoms with Gasteiger partial charge in [-0.2, -0.15) is 0 Å². The molecule has 3 aliphatic rings. The first-order valence-electron chi connectivity index (χ1n) is 12.1. The summed E-state index contributed by atoms with van der Waals surface area (Å²) < 4.78 is 7.06. The van der Waals surface area contributed by atoms with Crippen LogP contribution in [0.3, 0.4) is 0 Å². The molecular formula is C26H35N3O4S. The van der Waals surface area contributed by atoms with Crippen molar-refractivity contribution in [2.75, 3.05) is 32.8 Å². The van der Waals surface area contributed by atoms with E-state index in [1.54, 1.807) is 6.08 Å². The largest absolute Gasteiger partial charge is 0.381 e. The van der Waals surface area contributed by atoms with Crippen LogP contribution in [0.2, 0.25) is 0 Å². The highest BCUT2D eigenvalue weighted by atomic mass is 32.2. The molecule has 1 aromatic rings. The zero-order valence-corrected chi connectivity index (χ0v) is 20.5. The van der Waals surface area contributed by atoms with E-state index in [2.05, 4.69) is 34.5 Å². The lowest BCUT2D eigenvalue weighted by atomic mass is 9.97. The number of benzene rings is 1. The number of nitrogens with one attached hydrogen (secondary N) is 1. The van der Waals surface area contributed by atoms with Gasteiger partial charge in [0.15, 0.2) is 0 Å². The van der Waals surface area contributed by atoms with Gasteiger partial charge in [-0.25, -0.2) is 5.48 Å². The van der Waals surface area contributed by atoms with E-state index in [9.17, 15) is 14.8 Å². The second kappa shape index (κ2) is 11.4. The summed E-state index contributed by atoms with van der Waals surface area (Å²) in [6, 6.07) is 8.32. The van der Waals surface area contributed by atoms with Crippen LogP contribution < -0.4 is 5.48 Å². The molecule has 0 spiro atoms. The number of piperidine rings is 1. The highest BCUT2D eigenvalue weighted by molar-refractivity contribution is 8.13. The second-order valence-corrected chi connectivity index (χ2v) is 11.2. The Morgan fingerprint density at radius 1 is 1.12 bits per heavy atom. The quantitative estimate of drug-likeness (QED) is 0.213. The number of carbonyl (C=O) groups excluding carboxylic acids is 2. The van der Waals surface area contributed by atoms with Gasteiger partial charge in [0.1, 0.15) is 4.75 Å². The summed E-state index contributed by atoms with van der Waals surface area (Å²) >= 11 is 0. The number of fused-ring (bicyclic) bond motifs is 1. The first-order valence-corrected chi connectivity index (χ1v) is 13.4. The van der Waals surface area contributed by atoms with E-state index in [1.807, 2.05) is 28.6 Å². The van der Waals surface area contributed by atoms with Gasteiger partial charge in [-0.1, -0.05) is 48.4 Å². The van der Waals surface area contributed by atoms with Gasteiger partial charge in [-0.05, 0) is 49.1 Å². The maximum atomic E-state index is 12.6. The topological polar surface area (TPSA) is 82.1 Å². The molecule has 2 N–H and O–H groups in total. The number of nitrogens with zero attached hydrogens (tertiary/aromatic N) is 2. The number of amides is 2. The van der Waals surface area contributed by atoms with Crippen LogP contribution in [-0.4, -0.2) is 69.7 Å². The number of rotatable bonds is 6. The Kier molecular flexibility index (Phi) is 8.37. The number of allylic oxidation sites excluding steroid dienone is 3. The minimum atomic E-state index is -0.687. The van der Waals surface area contributed by atoms with E-state index >= 15 is 0 Å². The van der Waals surface area contributed by atoms with Gasteiger partial charge in [0.25, 0.3) is 5.91 Å². The van der Waals surface area contributed by atoms with Crippen molar-refractivity contribution in [3.63, 3.8) is 0 Å². The molecule has 0 saturated carbocycles. The van der Waals surface area contributed by atoms with Crippen LogP contribution in [0.15, 0.2) is 48.6 Å². The van der Waals surface area contributed by atoms with E-state index in [0.717, 1.165) is 38.9 Å². The summed E-state index contributed by atoms with van der Waals surface area (Å²) in [6.07, 6.45) is 11.7. The maximum absolute atomic E-state index is 12.6. The Balaban J connectivity index is 1.26. The molecule has 0 radical (unpaired) electrons. The van der Waals surface area contributed by atoms with Gasteiger partial charge >= 0.3 is 0 Å². The van der Waals surface area contributed by atoms with Crippen molar-refractivity contribution < 1.29 is 19.5 Å². The molecule has 2 saturated heterocycles. The molecule has 184 valence electrons. The van der Waals surface area contributed by atoms with Gasteiger partial charge in [0.2, 0.25) is 5.91 Å². The molecule has 2 fully saturated rings. The lowest BCUT2D eigenvalue weighted by molar-refractivity contribution is -0.134. The average molecular weight is 486 g/mol. The van der Waals surface area contributed by atoms with Crippen molar-refractivity contribution in [1.82, 2.24) is 14.7 Å². The molecule has 0 bridgehead atoms. The number of hydrogen-bond donors (Lipinski definition) is 2. The van der Waals surface area contributed by atoms with Gasteiger partial charge in [0, 0.05) is 45.5 Å². The van der Waals surface area contributed by atoms with Crippen molar-refractivity contribution in [1.29, 1.82) is 0 Å². The van der Waals surface area contributed by atoms with Gasteiger partial charge < -0.3 is 9.64 Å². The molecule has 0 aromatic heterocycles. The molecular weight excluding hydrogens is 450 g/mol. The van der Waals surface area contributed by atoms with Crippen LogP contribution in [0.5, 0.6) is 0 Å². The summed E-state index contributed by atoms with van der Waals surface area (Å²) in [4.78, 5) is 27.0. The Labute approximate surface area is 204 Å². The predicted octanol–water partition coefficient (Wildman–Crippen LogP) is 3.07. The Bertz CT molecular complexity index is 963. The van der Waals surface area contributed by atoms with E-state index in [1.165, 1.54) is 11.1 Å². The summed E-state index contributed by atoms with van der Waals surface area (Å²) in [6.45, 7) is 4.19. The minimum absolute atomic E-state index is 0.0546. The van der Waals surface area contributed by atoms with Crippen LogP contribution in [0.4, 0.5) is 0 Å². The highest BCUT2D eigenvalue weighted by Gasteiger charge is 2.44. The van der Waals surface area contributed by atoms with Crippen molar-refractivity contribution >= 4 is 28.4 Å². The zero-order chi connectivity index (χ0) is 24.0. The fourth-order valence-electron chi connectivity index (χ4n) is 5.06.